The highest BCUT2D eigenvalue weighted by molar-refractivity contribution is 7.47. The van der Waals surface area contributed by atoms with Crippen molar-refractivity contribution in [1.29, 1.82) is 0 Å². The maximum atomic E-state index is 13.1. The quantitative estimate of drug-likeness (QED) is 0.0222. The smallest absolute Gasteiger partial charge is 0.462 e. The first kappa shape index (κ1) is 97.1. The summed E-state index contributed by atoms with van der Waals surface area (Å²) in [5.41, 5.74) is 0. The van der Waals surface area contributed by atoms with Crippen LogP contribution in [0.25, 0.3) is 0 Å². The summed E-state index contributed by atoms with van der Waals surface area (Å²) in [5, 5.41) is 10.6. The van der Waals surface area contributed by atoms with Gasteiger partial charge in [-0.3, -0.25) is 37.3 Å². The first-order valence-electron chi connectivity index (χ1n) is 41.7. The van der Waals surface area contributed by atoms with Crippen molar-refractivity contribution in [3.63, 3.8) is 0 Å². The second-order valence-electron chi connectivity index (χ2n) is 29.1. The summed E-state index contributed by atoms with van der Waals surface area (Å²) in [7, 11) is -9.92. The van der Waals surface area contributed by atoms with Gasteiger partial charge in [-0.25, -0.2) is 9.13 Å². The Morgan fingerprint density at radius 1 is 0.283 bits per heavy atom. The maximum absolute atomic E-state index is 13.1. The van der Waals surface area contributed by atoms with Crippen LogP contribution >= 0.6 is 15.6 Å². The van der Waals surface area contributed by atoms with Crippen LogP contribution in [0.4, 0.5) is 0 Å². The van der Waals surface area contributed by atoms with Crippen molar-refractivity contribution in [2.45, 2.75) is 445 Å². The molecular formula is C80H156O17P2. The van der Waals surface area contributed by atoms with E-state index in [9.17, 15) is 43.2 Å². The number of aliphatic hydroxyl groups excluding tert-OH is 1. The minimum Gasteiger partial charge on any atom is -0.462 e. The number of hydrogen-bond acceptors (Lipinski definition) is 15. The van der Waals surface area contributed by atoms with Crippen LogP contribution in [0.2, 0.25) is 0 Å². The number of carbonyl (C=O) groups is 4. The van der Waals surface area contributed by atoms with Crippen molar-refractivity contribution in [2.24, 2.45) is 5.92 Å². The Morgan fingerprint density at radius 3 is 0.717 bits per heavy atom. The molecular weight excluding hydrogens is 1290 g/mol. The highest BCUT2D eigenvalue weighted by Crippen LogP contribution is 2.45. The molecule has 0 aromatic carbocycles. The van der Waals surface area contributed by atoms with E-state index in [1.54, 1.807) is 0 Å². The Hall–Kier alpha value is -1.94. The van der Waals surface area contributed by atoms with E-state index in [1.807, 2.05) is 0 Å². The summed E-state index contributed by atoms with van der Waals surface area (Å²) in [6.07, 6.45) is 63.7. The summed E-state index contributed by atoms with van der Waals surface area (Å²) >= 11 is 0. The van der Waals surface area contributed by atoms with Crippen molar-refractivity contribution in [3.05, 3.63) is 0 Å². The number of phosphoric acid groups is 2. The van der Waals surface area contributed by atoms with Gasteiger partial charge in [-0.2, -0.15) is 0 Å². The Balaban J connectivity index is 5.24. The molecule has 6 atom stereocenters. The molecule has 3 N–H and O–H groups in total. The van der Waals surface area contributed by atoms with Gasteiger partial charge in [0.05, 0.1) is 26.4 Å². The first-order chi connectivity index (χ1) is 48.1. The van der Waals surface area contributed by atoms with Crippen LogP contribution < -0.4 is 0 Å². The Kier molecular flexibility index (Phi) is 71.6. The fourth-order valence-corrected chi connectivity index (χ4v) is 14.0. The zero-order chi connectivity index (χ0) is 72.7. The molecule has 0 aliphatic carbocycles. The Bertz CT molecular complexity index is 1890. The van der Waals surface area contributed by atoms with Crippen LogP contribution in [0.5, 0.6) is 0 Å². The fourth-order valence-electron chi connectivity index (χ4n) is 12.4. The molecule has 0 amide bonds. The van der Waals surface area contributed by atoms with Crippen molar-refractivity contribution in [3.8, 4) is 0 Å². The number of esters is 4. The molecule has 0 radical (unpaired) electrons. The highest BCUT2D eigenvalue weighted by atomic mass is 31.2. The molecule has 3 unspecified atom stereocenters. The maximum Gasteiger partial charge on any atom is 0.472 e. The molecule has 0 fully saturated rings. The molecule has 588 valence electrons. The van der Waals surface area contributed by atoms with Crippen molar-refractivity contribution in [1.82, 2.24) is 0 Å². The molecule has 19 heteroatoms. The topological polar surface area (TPSA) is 237 Å². The molecule has 0 bridgehead atoms. The van der Waals surface area contributed by atoms with Gasteiger partial charge in [0, 0.05) is 25.7 Å². The predicted molar refractivity (Wildman–Crippen MR) is 405 cm³/mol. The van der Waals surface area contributed by atoms with E-state index in [-0.39, 0.29) is 25.7 Å². The molecule has 99 heavy (non-hydrogen) atoms. The molecule has 0 heterocycles. The zero-order valence-electron chi connectivity index (χ0n) is 64.6. The molecule has 0 saturated heterocycles. The number of ether oxygens (including phenoxy) is 4. The number of aliphatic hydroxyl groups is 1. The lowest BCUT2D eigenvalue weighted by Crippen LogP contribution is -2.30. The average Bonchev–Trinajstić information content (AvgIpc) is 1.17. The van der Waals surface area contributed by atoms with Gasteiger partial charge >= 0.3 is 39.5 Å². The van der Waals surface area contributed by atoms with Gasteiger partial charge in [0.2, 0.25) is 0 Å². The summed E-state index contributed by atoms with van der Waals surface area (Å²) < 4.78 is 68.7. The van der Waals surface area contributed by atoms with Gasteiger partial charge < -0.3 is 33.8 Å². The van der Waals surface area contributed by atoms with Crippen LogP contribution in [0, 0.1) is 5.92 Å². The summed E-state index contributed by atoms with van der Waals surface area (Å²) in [5.74, 6) is -1.34. The average molecular weight is 1450 g/mol. The van der Waals surface area contributed by atoms with Gasteiger partial charge in [-0.15, -0.1) is 0 Å². The highest BCUT2D eigenvalue weighted by Gasteiger charge is 2.30. The Morgan fingerprint density at radius 2 is 0.485 bits per heavy atom. The van der Waals surface area contributed by atoms with Gasteiger partial charge in [0.25, 0.3) is 0 Å². The second kappa shape index (κ2) is 73.0. The van der Waals surface area contributed by atoms with Crippen LogP contribution in [0.3, 0.4) is 0 Å². The number of rotatable bonds is 80. The van der Waals surface area contributed by atoms with Gasteiger partial charge in [-0.05, 0) is 31.6 Å². The van der Waals surface area contributed by atoms with Gasteiger partial charge in [0.1, 0.15) is 19.3 Å². The predicted octanol–water partition coefficient (Wildman–Crippen LogP) is 24.0. The van der Waals surface area contributed by atoms with Crippen LogP contribution in [-0.2, 0) is 65.4 Å². The van der Waals surface area contributed by atoms with E-state index in [2.05, 4.69) is 34.6 Å². The molecule has 0 saturated carbocycles. The lowest BCUT2D eigenvalue weighted by Gasteiger charge is -2.21. The van der Waals surface area contributed by atoms with E-state index >= 15 is 0 Å². The van der Waals surface area contributed by atoms with Crippen LogP contribution in [-0.4, -0.2) is 96.7 Å². The zero-order valence-corrected chi connectivity index (χ0v) is 66.4. The minimum atomic E-state index is -4.96. The second-order valence-corrected chi connectivity index (χ2v) is 32.0. The molecule has 0 aliphatic heterocycles. The van der Waals surface area contributed by atoms with E-state index in [4.69, 9.17) is 37.0 Å². The van der Waals surface area contributed by atoms with E-state index in [0.717, 1.165) is 95.8 Å². The Labute approximate surface area is 607 Å². The van der Waals surface area contributed by atoms with Crippen molar-refractivity contribution in [2.75, 3.05) is 39.6 Å². The van der Waals surface area contributed by atoms with E-state index in [1.165, 1.54) is 250 Å². The first-order valence-corrected chi connectivity index (χ1v) is 44.7. The fraction of sp³-hybridized carbons (Fsp3) is 0.950. The summed E-state index contributed by atoms with van der Waals surface area (Å²) in [6.45, 7) is 7.32. The van der Waals surface area contributed by atoms with Crippen molar-refractivity contribution < 1.29 is 80.2 Å². The lowest BCUT2D eigenvalue weighted by atomic mass is 9.99. The van der Waals surface area contributed by atoms with Crippen molar-refractivity contribution >= 4 is 39.5 Å². The number of carbonyl (C=O) groups excluding carboxylic acids is 4. The largest absolute Gasteiger partial charge is 0.472 e. The third-order valence-corrected chi connectivity index (χ3v) is 21.0. The SMILES string of the molecule is CCCCCCCCCCCCCCCCCCCCCC(=O)O[C@H](COC(=O)CCCCCCCCCCCCCCCCCC)COP(=O)(O)OC[C@@H](O)COP(=O)(O)OC[C@@H](COC(=O)CCCCCCCCCCCCCC)OC(=O)CCCCCCCCCCC(C)CC. The number of hydrogen-bond donors (Lipinski definition) is 3. The van der Waals surface area contributed by atoms with Crippen LogP contribution in [0.1, 0.15) is 426 Å². The normalized spacial score (nSPS) is 14.1. The molecule has 0 aliphatic rings. The molecule has 0 spiro atoms. The molecule has 17 nitrogen and oxygen atoms in total. The summed E-state index contributed by atoms with van der Waals surface area (Å²) in [6, 6.07) is 0. The third kappa shape index (κ3) is 72.8. The van der Waals surface area contributed by atoms with E-state index in [0.29, 0.717) is 25.7 Å². The van der Waals surface area contributed by atoms with E-state index < -0.39 is 97.5 Å². The number of phosphoric ester groups is 2. The van der Waals surface area contributed by atoms with Crippen LogP contribution in [0.15, 0.2) is 0 Å². The monoisotopic (exact) mass is 1450 g/mol. The molecule has 0 aromatic rings. The molecule has 0 rings (SSSR count). The lowest BCUT2D eigenvalue weighted by molar-refractivity contribution is -0.161. The molecule has 0 aromatic heterocycles. The number of unbranched alkanes of at least 4 members (excludes halogenated alkanes) is 51. The summed E-state index contributed by atoms with van der Waals surface area (Å²) in [4.78, 5) is 73.0. The third-order valence-electron chi connectivity index (χ3n) is 19.1. The van der Waals surface area contributed by atoms with Gasteiger partial charge in [0.15, 0.2) is 12.2 Å². The van der Waals surface area contributed by atoms with Gasteiger partial charge in [-0.1, -0.05) is 375 Å². The standard InChI is InChI=1S/C80H156O17P2/c1-6-10-13-16-19-22-25-28-30-32-33-34-36-38-41-44-50-55-60-65-79(84)96-75(69-90-78(83)64-59-54-49-43-40-37-35-31-29-26-23-20-17-14-11-7-2)71-94-98(86,87)92-67-74(81)68-93-99(88,89)95-72-76(97-80(85)66-61-56-51-46-45-47-52-57-62-73(5)9-4)70-91-77(82)63-58-53-48-42-39-27-24-21-18-15-12-8-3/h73-76,81H,6-72H2,1-5H3,(H,86,87)(H,88,89)/t73?,74-,75-,76-/m1/s1. The minimum absolute atomic E-state index is 0.106.